The molecule has 0 aromatic heterocycles. The highest BCUT2D eigenvalue weighted by molar-refractivity contribution is 6.46. The number of carbonyl (C=O) groups excluding carboxylic acids is 2. The summed E-state index contributed by atoms with van der Waals surface area (Å²) in [4.78, 5) is 30.6. The van der Waals surface area contributed by atoms with Gasteiger partial charge >= 0.3 is 0 Å². The molecule has 0 radical (unpaired) electrons. The number of carbonyl (C=O) groups is 2. The highest BCUT2D eigenvalue weighted by atomic mass is 16.5. The van der Waals surface area contributed by atoms with Crippen LogP contribution in [-0.4, -0.2) is 86.8 Å². The summed E-state index contributed by atoms with van der Waals surface area (Å²) in [6.45, 7) is 8.21. The molecule has 2 aliphatic heterocycles. The van der Waals surface area contributed by atoms with Crippen LogP contribution in [0.3, 0.4) is 0 Å². The van der Waals surface area contributed by atoms with Crippen molar-refractivity contribution < 1.29 is 33.6 Å². The third-order valence-electron chi connectivity index (χ3n) is 7.23. The van der Waals surface area contributed by atoms with Crippen LogP contribution in [0.1, 0.15) is 42.5 Å². The summed E-state index contributed by atoms with van der Waals surface area (Å²) in [5, 5.41) is 11.4. The van der Waals surface area contributed by atoms with Crippen LogP contribution >= 0.6 is 0 Å². The Labute approximate surface area is 229 Å². The molecule has 2 saturated heterocycles. The number of nitrogens with zero attached hydrogens (tertiary/aromatic N) is 2. The molecule has 4 rings (SSSR count). The fourth-order valence-electron chi connectivity index (χ4n) is 5.01. The number of hydrogen-bond acceptors (Lipinski definition) is 8. The maximum atomic E-state index is 13.4. The first kappa shape index (κ1) is 28.4. The molecular formula is C30H38N2O7. The second-order valence-electron chi connectivity index (χ2n) is 9.74. The van der Waals surface area contributed by atoms with Crippen molar-refractivity contribution in [3.05, 3.63) is 58.7 Å². The molecule has 2 heterocycles. The van der Waals surface area contributed by atoms with E-state index >= 15 is 0 Å². The minimum absolute atomic E-state index is 0.0493. The maximum absolute atomic E-state index is 13.4. The third-order valence-corrected chi connectivity index (χ3v) is 7.23. The number of benzene rings is 2. The van der Waals surface area contributed by atoms with Crippen molar-refractivity contribution in [2.75, 3.05) is 60.2 Å². The number of aliphatic hydroxyl groups is 1. The number of morpholine rings is 1. The molecule has 9 heteroatoms. The smallest absolute Gasteiger partial charge is 0.295 e. The lowest BCUT2D eigenvalue weighted by Gasteiger charge is -2.31. The molecule has 2 aromatic rings. The summed E-state index contributed by atoms with van der Waals surface area (Å²) in [6, 6.07) is 9.79. The number of aryl methyl sites for hydroxylation is 1. The van der Waals surface area contributed by atoms with Gasteiger partial charge in [0.15, 0.2) is 11.5 Å². The van der Waals surface area contributed by atoms with E-state index in [4.69, 9.17) is 18.9 Å². The van der Waals surface area contributed by atoms with E-state index in [1.54, 1.807) is 49.5 Å². The SMILES string of the molecule is CCCCOc1ccc(C2/C(=C(\O)c3ccc(OC)c(C)c3)C(=O)C(=O)N2CCN2CCOCC2)cc1OC. The van der Waals surface area contributed by atoms with Gasteiger partial charge in [0.25, 0.3) is 11.7 Å². The van der Waals surface area contributed by atoms with Gasteiger partial charge in [0, 0.05) is 31.7 Å². The number of ketones is 1. The van der Waals surface area contributed by atoms with Gasteiger partial charge in [-0.2, -0.15) is 0 Å². The van der Waals surface area contributed by atoms with E-state index in [-0.39, 0.29) is 11.3 Å². The topological polar surface area (TPSA) is 97.8 Å². The fraction of sp³-hybridized carbons (Fsp3) is 0.467. The summed E-state index contributed by atoms with van der Waals surface area (Å²) in [7, 11) is 3.13. The average Bonchev–Trinajstić information content (AvgIpc) is 3.21. The summed E-state index contributed by atoms with van der Waals surface area (Å²) in [5.74, 6) is 0.184. The predicted octanol–water partition coefficient (Wildman–Crippen LogP) is 3.95. The van der Waals surface area contributed by atoms with Crippen molar-refractivity contribution >= 4 is 17.4 Å². The molecule has 0 spiro atoms. The number of likely N-dealkylation sites (tertiary alicyclic amines) is 1. The van der Waals surface area contributed by atoms with E-state index in [1.807, 2.05) is 13.0 Å². The van der Waals surface area contributed by atoms with Crippen LogP contribution in [-0.2, 0) is 14.3 Å². The zero-order valence-corrected chi connectivity index (χ0v) is 23.2. The van der Waals surface area contributed by atoms with Gasteiger partial charge < -0.3 is 29.0 Å². The molecule has 0 aliphatic carbocycles. The number of ether oxygens (including phenoxy) is 4. The Morgan fingerprint density at radius 2 is 1.72 bits per heavy atom. The van der Waals surface area contributed by atoms with Crippen molar-refractivity contribution in [1.82, 2.24) is 9.80 Å². The Bertz CT molecular complexity index is 1220. The Balaban J connectivity index is 1.76. The van der Waals surface area contributed by atoms with Crippen LogP contribution in [0.2, 0.25) is 0 Å². The number of methoxy groups -OCH3 is 2. The molecule has 2 aliphatic rings. The third kappa shape index (κ3) is 6.20. The number of amides is 1. The monoisotopic (exact) mass is 538 g/mol. The minimum Gasteiger partial charge on any atom is -0.507 e. The number of aliphatic hydroxyl groups excluding tert-OH is 1. The first-order valence-corrected chi connectivity index (χ1v) is 13.4. The van der Waals surface area contributed by atoms with Crippen LogP contribution in [0.5, 0.6) is 17.2 Å². The Kier molecular flexibility index (Phi) is 9.48. The van der Waals surface area contributed by atoms with E-state index < -0.39 is 17.7 Å². The molecule has 1 atom stereocenters. The van der Waals surface area contributed by atoms with Crippen LogP contribution in [0.15, 0.2) is 42.0 Å². The van der Waals surface area contributed by atoms with Crippen molar-refractivity contribution in [3.63, 3.8) is 0 Å². The van der Waals surface area contributed by atoms with Gasteiger partial charge in [0.05, 0.1) is 45.7 Å². The van der Waals surface area contributed by atoms with Crippen molar-refractivity contribution in [2.24, 2.45) is 0 Å². The largest absolute Gasteiger partial charge is 0.507 e. The maximum Gasteiger partial charge on any atom is 0.295 e. The van der Waals surface area contributed by atoms with Gasteiger partial charge in [-0.3, -0.25) is 14.5 Å². The first-order valence-electron chi connectivity index (χ1n) is 13.4. The van der Waals surface area contributed by atoms with E-state index in [0.29, 0.717) is 61.3 Å². The lowest BCUT2D eigenvalue weighted by molar-refractivity contribution is -0.140. The molecule has 39 heavy (non-hydrogen) atoms. The molecule has 0 bridgehead atoms. The highest BCUT2D eigenvalue weighted by Gasteiger charge is 2.46. The molecular weight excluding hydrogens is 500 g/mol. The van der Waals surface area contributed by atoms with Crippen molar-refractivity contribution in [2.45, 2.75) is 32.7 Å². The molecule has 2 fully saturated rings. The predicted molar refractivity (Wildman–Crippen MR) is 147 cm³/mol. The van der Waals surface area contributed by atoms with E-state index in [9.17, 15) is 14.7 Å². The number of hydrogen-bond donors (Lipinski definition) is 1. The summed E-state index contributed by atoms with van der Waals surface area (Å²) in [5.41, 5.74) is 1.95. The Morgan fingerprint density at radius 1 is 1.00 bits per heavy atom. The summed E-state index contributed by atoms with van der Waals surface area (Å²) >= 11 is 0. The number of unbranched alkanes of at least 4 members (excludes halogenated alkanes) is 1. The number of rotatable bonds is 11. The van der Waals surface area contributed by atoms with Gasteiger partial charge in [-0.15, -0.1) is 0 Å². The lowest BCUT2D eigenvalue weighted by atomic mass is 9.94. The highest BCUT2D eigenvalue weighted by Crippen LogP contribution is 2.42. The molecule has 0 saturated carbocycles. The van der Waals surface area contributed by atoms with Gasteiger partial charge in [-0.25, -0.2) is 0 Å². The molecule has 1 unspecified atom stereocenters. The van der Waals surface area contributed by atoms with Gasteiger partial charge in [-0.05, 0) is 54.8 Å². The van der Waals surface area contributed by atoms with Crippen LogP contribution in [0.4, 0.5) is 0 Å². The molecule has 1 N–H and O–H groups in total. The van der Waals surface area contributed by atoms with E-state index in [0.717, 1.165) is 31.5 Å². The molecule has 2 aromatic carbocycles. The second-order valence-corrected chi connectivity index (χ2v) is 9.74. The minimum atomic E-state index is -0.785. The fourth-order valence-corrected chi connectivity index (χ4v) is 5.01. The standard InChI is InChI=1S/C30H38N2O7/c1-5-6-15-39-24-10-7-21(19-25(24)37-4)27-26(28(33)22-8-9-23(36-3)20(2)18-22)29(34)30(35)32(27)12-11-31-13-16-38-17-14-31/h7-10,18-19,27,33H,5-6,11-17H2,1-4H3/b28-26+. The molecule has 210 valence electrons. The lowest BCUT2D eigenvalue weighted by Crippen LogP contribution is -2.42. The zero-order valence-electron chi connectivity index (χ0n) is 23.2. The van der Waals surface area contributed by atoms with Crippen molar-refractivity contribution in [1.29, 1.82) is 0 Å². The quantitative estimate of drug-likeness (QED) is 0.199. The zero-order chi connectivity index (χ0) is 27.9. The Morgan fingerprint density at radius 3 is 2.38 bits per heavy atom. The van der Waals surface area contributed by atoms with Gasteiger partial charge in [-0.1, -0.05) is 19.4 Å². The van der Waals surface area contributed by atoms with Crippen LogP contribution < -0.4 is 14.2 Å². The summed E-state index contributed by atoms with van der Waals surface area (Å²) < 4.78 is 22.3. The van der Waals surface area contributed by atoms with Crippen LogP contribution in [0, 0.1) is 6.92 Å². The number of Topliss-reactive ketones (excluding diaryl/α,β-unsaturated/α-hetero) is 1. The first-order chi connectivity index (χ1) is 18.9. The molecule has 1 amide bonds. The Hall–Kier alpha value is -3.56. The second kappa shape index (κ2) is 13.0. The van der Waals surface area contributed by atoms with Crippen LogP contribution in [0.25, 0.3) is 5.76 Å². The van der Waals surface area contributed by atoms with E-state index in [2.05, 4.69) is 11.8 Å². The van der Waals surface area contributed by atoms with Gasteiger partial charge in [0.1, 0.15) is 11.5 Å². The van der Waals surface area contributed by atoms with Crippen molar-refractivity contribution in [3.8, 4) is 17.2 Å². The molecule has 9 nitrogen and oxygen atoms in total. The summed E-state index contributed by atoms with van der Waals surface area (Å²) in [6.07, 6.45) is 1.91. The van der Waals surface area contributed by atoms with E-state index in [1.165, 1.54) is 0 Å². The average molecular weight is 539 g/mol. The normalized spacial score (nSPS) is 19.4. The van der Waals surface area contributed by atoms with Gasteiger partial charge in [0.2, 0.25) is 0 Å².